The third-order valence-corrected chi connectivity index (χ3v) is 6.71. The molecule has 1 heterocycles. The van der Waals surface area contributed by atoms with Gasteiger partial charge in [-0.2, -0.15) is 0 Å². The average molecular weight is 547 g/mol. The minimum atomic E-state index is -0.286. The highest BCUT2D eigenvalue weighted by atomic mass is 32.1. The van der Waals surface area contributed by atoms with Crippen molar-refractivity contribution in [3.8, 4) is 11.5 Å². The predicted molar refractivity (Wildman–Crippen MR) is 158 cm³/mol. The normalized spacial score (nSPS) is 13.0. The molecule has 9 heteroatoms. The third kappa shape index (κ3) is 7.70. The number of anilines is 2. The first kappa shape index (κ1) is 27.9. The van der Waals surface area contributed by atoms with Gasteiger partial charge >= 0.3 is 0 Å². The zero-order chi connectivity index (χ0) is 27.6. The maximum Gasteiger partial charge on any atom is 0.257 e. The van der Waals surface area contributed by atoms with Crippen LogP contribution in [-0.2, 0) is 0 Å². The molecule has 39 heavy (non-hydrogen) atoms. The fraction of sp³-hybridized carbons (Fsp3) is 0.300. The van der Waals surface area contributed by atoms with E-state index in [1.54, 1.807) is 55.6 Å². The molecule has 3 aromatic rings. The lowest BCUT2D eigenvalue weighted by Crippen LogP contribution is -2.48. The number of nitrogens with one attached hydrogen (secondary N) is 2. The maximum atomic E-state index is 12.8. The van der Waals surface area contributed by atoms with Crippen LogP contribution in [0.5, 0.6) is 11.5 Å². The van der Waals surface area contributed by atoms with E-state index < -0.39 is 0 Å². The van der Waals surface area contributed by atoms with Crippen LogP contribution < -0.4 is 25.0 Å². The van der Waals surface area contributed by atoms with Crippen LogP contribution in [0.25, 0.3) is 0 Å². The van der Waals surface area contributed by atoms with Gasteiger partial charge in [0.2, 0.25) is 0 Å². The fourth-order valence-electron chi connectivity index (χ4n) is 4.21. The third-order valence-electron chi connectivity index (χ3n) is 6.50. The lowest BCUT2D eigenvalue weighted by atomic mass is 10.1. The molecule has 0 spiro atoms. The lowest BCUT2D eigenvalue weighted by molar-refractivity contribution is 0.0746. The average Bonchev–Trinajstić information content (AvgIpc) is 2.98. The minimum absolute atomic E-state index is 0.0312. The number of methoxy groups -OCH3 is 1. The highest BCUT2D eigenvalue weighted by molar-refractivity contribution is 7.80. The van der Waals surface area contributed by atoms with Crippen molar-refractivity contribution in [1.29, 1.82) is 0 Å². The Hall–Kier alpha value is -4.11. The molecule has 0 unspecified atom stereocenters. The summed E-state index contributed by atoms with van der Waals surface area (Å²) in [5.41, 5.74) is 3.00. The number of carbonyl (C=O) groups excluding carboxylic acids is 2. The zero-order valence-electron chi connectivity index (χ0n) is 22.3. The SMILES string of the molecule is CCCCOc1ccc(C(=O)NC(=S)Nc2ccc(N3CCN(C(=O)c4ccc(OC)cc4)CC3)cc2)cc1. The van der Waals surface area contributed by atoms with Crippen LogP contribution in [0.3, 0.4) is 0 Å². The molecule has 0 atom stereocenters. The number of unbranched alkanes of at least 4 members (excludes halogenated alkanes) is 1. The van der Waals surface area contributed by atoms with Crippen LogP contribution in [-0.4, -0.2) is 61.7 Å². The largest absolute Gasteiger partial charge is 0.497 e. The van der Waals surface area contributed by atoms with Crippen LogP contribution in [0.1, 0.15) is 40.5 Å². The first-order chi connectivity index (χ1) is 19.0. The van der Waals surface area contributed by atoms with Crippen LogP contribution in [0, 0.1) is 0 Å². The van der Waals surface area contributed by atoms with Crippen LogP contribution in [0.2, 0.25) is 0 Å². The number of ether oxygens (including phenoxy) is 2. The van der Waals surface area contributed by atoms with Gasteiger partial charge < -0.3 is 24.6 Å². The van der Waals surface area contributed by atoms with E-state index in [-0.39, 0.29) is 16.9 Å². The number of hydrogen-bond acceptors (Lipinski definition) is 6. The van der Waals surface area contributed by atoms with Crippen molar-refractivity contribution < 1.29 is 19.1 Å². The first-order valence-electron chi connectivity index (χ1n) is 13.1. The highest BCUT2D eigenvalue weighted by Crippen LogP contribution is 2.21. The molecule has 0 bridgehead atoms. The van der Waals surface area contributed by atoms with E-state index >= 15 is 0 Å². The van der Waals surface area contributed by atoms with E-state index in [9.17, 15) is 9.59 Å². The molecule has 0 aliphatic carbocycles. The molecule has 1 aliphatic rings. The number of thiocarbonyl (C=S) groups is 1. The van der Waals surface area contributed by atoms with Gasteiger partial charge in [-0.1, -0.05) is 13.3 Å². The van der Waals surface area contributed by atoms with Crippen molar-refractivity contribution in [3.63, 3.8) is 0 Å². The summed E-state index contributed by atoms with van der Waals surface area (Å²) in [6, 6.07) is 22.1. The molecule has 2 amide bonds. The number of benzene rings is 3. The van der Waals surface area contributed by atoms with Crippen LogP contribution in [0.4, 0.5) is 11.4 Å². The van der Waals surface area contributed by atoms with Gasteiger partial charge in [0.25, 0.3) is 11.8 Å². The van der Waals surface area contributed by atoms with Crippen LogP contribution in [0.15, 0.2) is 72.8 Å². The van der Waals surface area contributed by atoms with E-state index in [1.165, 1.54) is 0 Å². The van der Waals surface area contributed by atoms with Crippen molar-refractivity contribution >= 4 is 40.5 Å². The Morgan fingerprint density at radius 3 is 2.08 bits per heavy atom. The van der Waals surface area contributed by atoms with Gasteiger partial charge in [0.1, 0.15) is 11.5 Å². The number of hydrogen-bond donors (Lipinski definition) is 2. The molecule has 1 aliphatic heterocycles. The molecule has 4 rings (SSSR count). The number of rotatable bonds is 9. The van der Waals surface area contributed by atoms with E-state index in [4.69, 9.17) is 21.7 Å². The quantitative estimate of drug-likeness (QED) is 0.290. The maximum absolute atomic E-state index is 12.8. The Kier molecular flexibility index (Phi) is 9.74. The molecule has 0 aromatic heterocycles. The van der Waals surface area contributed by atoms with Gasteiger partial charge in [0.05, 0.1) is 13.7 Å². The zero-order valence-corrected chi connectivity index (χ0v) is 23.1. The van der Waals surface area contributed by atoms with Crippen molar-refractivity contribution in [2.45, 2.75) is 19.8 Å². The Labute approximate surface area is 234 Å². The standard InChI is InChI=1S/C30H34N4O4S/c1-3-4-21-38-27-15-5-22(6-16-27)28(35)32-30(39)31-24-9-11-25(12-10-24)33-17-19-34(20-18-33)29(36)23-7-13-26(37-2)14-8-23/h5-16H,3-4,17-21H2,1-2H3,(H2,31,32,35,39). The van der Waals surface area contributed by atoms with E-state index in [0.29, 0.717) is 30.8 Å². The van der Waals surface area contributed by atoms with E-state index in [0.717, 1.165) is 48.8 Å². The smallest absolute Gasteiger partial charge is 0.257 e. The van der Waals surface area contributed by atoms with Gasteiger partial charge in [-0.15, -0.1) is 0 Å². The Bertz CT molecular complexity index is 1260. The second kappa shape index (κ2) is 13.6. The summed E-state index contributed by atoms with van der Waals surface area (Å²) in [4.78, 5) is 29.5. The summed E-state index contributed by atoms with van der Waals surface area (Å²) in [5.74, 6) is 1.22. The lowest BCUT2D eigenvalue weighted by Gasteiger charge is -2.36. The summed E-state index contributed by atoms with van der Waals surface area (Å²) in [6.07, 6.45) is 2.06. The molecule has 0 radical (unpaired) electrons. The second-order valence-electron chi connectivity index (χ2n) is 9.19. The molecule has 0 saturated carbocycles. The molecule has 1 fully saturated rings. The molecule has 1 saturated heterocycles. The van der Waals surface area contributed by atoms with Crippen molar-refractivity contribution in [2.75, 3.05) is 50.1 Å². The van der Waals surface area contributed by atoms with Gasteiger partial charge in [0.15, 0.2) is 5.11 Å². The number of piperazine rings is 1. The van der Waals surface area contributed by atoms with Crippen molar-refractivity contribution in [2.24, 2.45) is 0 Å². The molecular formula is C30H34N4O4S. The van der Waals surface area contributed by atoms with E-state index in [1.807, 2.05) is 29.2 Å². The summed E-state index contributed by atoms with van der Waals surface area (Å²) >= 11 is 5.34. The first-order valence-corrected chi connectivity index (χ1v) is 13.5. The summed E-state index contributed by atoms with van der Waals surface area (Å²) in [7, 11) is 1.61. The van der Waals surface area contributed by atoms with Crippen LogP contribution >= 0.6 is 12.2 Å². The Balaban J connectivity index is 1.23. The van der Waals surface area contributed by atoms with Crippen molar-refractivity contribution in [3.05, 3.63) is 83.9 Å². The molecule has 204 valence electrons. The molecule has 3 aromatic carbocycles. The van der Waals surface area contributed by atoms with Gasteiger partial charge in [0, 0.05) is 48.7 Å². The molecular weight excluding hydrogens is 512 g/mol. The van der Waals surface area contributed by atoms with Gasteiger partial charge in [-0.25, -0.2) is 0 Å². The highest BCUT2D eigenvalue weighted by Gasteiger charge is 2.22. The van der Waals surface area contributed by atoms with E-state index in [2.05, 4.69) is 22.5 Å². The van der Waals surface area contributed by atoms with Gasteiger partial charge in [-0.05, 0) is 91.4 Å². The topological polar surface area (TPSA) is 83.1 Å². The minimum Gasteiger partial charge on any atom is -0.497 e. The van der Waals surface area contributed by atoms with Crippen molar-refractivity contribution in [1.82, 2.24) is 10.2 Å². The Morgan fingerprint density at radius 2 is 1.46 bits per heavy atom. The molecule has 2 N–H and O–H groups in total. The Morgan fingerprint density at radius 1 is 0.846 bits per heavy atom. The molecule has 8 nitrogen and oxygen atoms in total. The summed E-state index contributed by atoms with van der Waals surface area (Å²) in [6.45, 7) is 5.55. The monoisotopic (exact) mass is 546 g/mol. The predicted octanol–water partition coefficient (Wildman–Crippen LogP) is 4.96. The summed E-state index contributed by atoms with van der Waals surface area (Å²) < 4.78 is 10.8. The van der Waals surface area contributed by atoms with Gasteiger partial charge in [-0.3, -0.25) is 14.9 Å². The summed E-state index contributed by atoms with van der Waals surface area (Å²) in [5, 5.41) is 6.00. The number of amides is 2. The number of carbonyl (C=O) groups is 2. The second-order valence-corrected chi connectivity index (χ2v) is 9.60. The fourth-order valence-corrected chi connectivity index (χ4v) is 4.42. The number of nitrogens with zero attached hydrogens (tertiary/aromatic N) is 2.